The molecule has 7 nitrogen and oxygen atoms in total. The van der Waals surface area contributed by atoms with E-state index >= 15 is 0 Å². The zero-order chi connectivity index (χ0) is 20.7. The van der Waals surface area contributed by atoms with Crippen molar-refractivity contribution < 1.29 is 23.5 Å². The predicted octanol–water partition coefficient (Wildman–Crippen LogP) is 2.17. The van der Waals surface area contributed by atoms with E-state index in [0.717, 1.165) is 12.8 Å². The van der Waals surface area contributed by atoms with Crippen LogP contribution in [-0.2, 0) is 14.4 Å². The Bertz CT molecular complexity index is 710. The number of hydrazine groups is 1. The van der Waals surface area contributed by atoms with Gasteiger partial charge in [0.1, 0.15) is 6.04 Å². The zero-order valence-corrected chi connectivity index (χ0v) is 16.5. The molecule has 2 N–H and O–H groups in total. The van der Waals surface area contributed by atoms with Gasteiger partial charge in [-0.2, -0.15) is 0 Å². The normalized spacial score (nSPS) is 16.5. The molecule has 0 spiro atoms. The molecule has 2 atom stereocenters. The number of para-hydroxylation sites is 1. The number of ether oxygens (including phenoxy) is 1. The first-order valence-corrected chi connectivity index (χ1v) is 9.60. The molecule has 0 radical (unpaired) electrons. The van der Waals surface area contributed by atoms with Gasteiger partial charge in [-0.05, 0) is 44.2 Å². The summed E-state index contributed by atoms with van der Waals surface area (Å²) in [4.78, 5) is 38.6. The van der Waals surface area contributed by atoms with Gasteiger partial charge in [-0.3, -0.25) is 25.2 Å². The number of nitrogens with one attached hydrogen (secondary N) is 2. The van der Waals surface area contributed by atoms with Crippen molar-refractivity contribution in [2.45, 2.75) is 58.6 Å². The Kier molecular flexibility index (Phi) is 7.78. The van der Waals surface area contributed by atoms with Crippen LogP contribution in [0.25, 0.3) is 0 Å². The number of rotatable bonds is 7. The first-order valence-electron chi connectivity index (χ1n) is 9.60. The maximum absolute atomic E-state index is 13.6. The van der Waals surface area contributed by atoms with Crippen molar-refractivity contribution in [2.24, 2.45) is 5.92 Å². The number of piperidine rings is 1. The van der Waals surface area contributed by atoms with Gasteiger partial charge in [0.25, 0.3) is 11.8 Å². The lowest BCUT2D eigenvalue weighted by molar-refractivity contribution is -0.144. The van der Waals surface area contributed by atoms with Crippen LogP contribution in [0.3, 0.4) is 0 Å². The molecule has 28 heavy (non-hydrogen) atoms. The fourth-order valence-corrected chi connectivity index (χ4v) is 3.07. The molecule has 1 aromatic carbocycles. The topological polar surface area (TPSA) is 87.7 Å². The number of likely N-dealkylation sites (tertiary alicyclic amines) is 1. The van der Waals surface area contributed by atoms with Crippen LogP contribution in [0, 0.1) is 11.7 Å². The molecule has 8 heteroatoms. The largest absolute Gasteiger partial charge is 0.478 e. The summed E-state index contributed by atoms with van der Waals surface area (Å²) in [7, 11) is 0. The Balaban J connectivity index is 1.94. The SMILES string of the molecule is CC(C)C[C@@H](C(=O)NNC(=O)[C@@H](C)Oc1ccccc1F)N1CCCCC1=O. The summed E-state index contributed by atoms with van der Waals surface area (Å²) in [5.74, 6) is -1.54. The van der Waals surface area contributed by atoms with Crippen LogP contribution in [0.2, 0.25) is 0 Å². The minimum Gasteiger partial charge on any atom is -0.478 e. The Labute approximate surface area is 164 Å². The third-order valence-electron chi connectivity index (χ3n) is 4.55. The van der Waals surface area contributed by atoms with Gasteiger partial charge < -0.3 is 9.64 Å². The average molecular weight is 393 g/mol. The lowest BCUT2D eigenvalue weighted by Crippen LogP contribution is -2.56. The standard InChI is InChI=1S/C20H28FN3O4/c1-13(2)12-16(24-11-7-6-10-18(24)25)20(27)23-22-19(26)14(3)28-17-9-5-4-8-15(17)21/h4-5,8-9,13-14,16H,6-7,10-12H2,1-3H3,(H,22,26)(H,23,27)/t14-,16+/m1/s1. The molecular formula is C20H28FN3O4. The minimum atomic E-state index is -1.02. The first kappa shape index (κ1) is 21.7. The zero-order valence-electron chi connectivity index (χ0n) is 16.5. The number of halogens is 1. The molecule has 1 saturated heterocycles. The molecule has 1 aromatic rings. The van der Waals surface area contributed by atoms with Gasteiger partial charge in [-0.15, -0.1) is 0 Å². The Morgan fingerprint density at radius 1 is 1.14 bits per heavy atom. The van der Waals surface area contributed by atoms with Gasteiger partial charge in [-0.25, -0.2) is 4.39 Å². The van der Waals surface area contributed by atoms with Crippen molar-refractivity contribution in [3.8, 4) is 5.75 Å². The van der Waals surface area contributed by atoms with E-state index < -0.39 is 29.8 Å². The summed E-state index contributed by atoms with van der Waals surface area (Å²) in [5, 5.41) is 0. The maximum Gasteiger partial charge on any atom is 0.279 e. The van der Waals surface area contributed by atoms with Gasteiger partial charge in [0.15, 0.2) is 17.7 Å². The second-order valence-electron chi connectivity index (χ2n) is 7.36. The summed E-state index contributed by atoms with van der Waals surface area (Å²) in [6.45, 7) is 5.92. The van der Waals surface area contributed by atoms with E-state index in [1.807, 2.05) is 13.8 Å². The quantitative estimate of drug-likeness (QED) is 0.695. The second-order valence-corrected chi connectivity index (χ2v) is 7.36. The summed E-state index contributed by atoms with van der Waals surface area (Å²) < 4.78 is 18.9. The molecule has 2 rings (SSSR count). The van der Waals surface area contributed by atoms with Crippen molar-refractivity contribution in [3.05, 3.63) is 30.1 Å². The molecule has 3 amide bonds. The van der Waals surface area contributed by atoms with Crippen molar-refractivity contribution >= 4 is 17.7 Å². The third-order valence-corrected chi connectivity index (χ3v) is 4.55. The van der Waals surface area contributed by atoms with Crippen LogP contribution < -0.4 is 15.6 Å². The van der Waals surface area contributed by atoms with E-state index in [9.17, 15) is 18.8 Å². The first-order chi connectivity index (χ1) is 13.3. The Hall–Kier alpha value is -2.64. The molecule has 1 fully saturated rings. The van der Waals surface area contributed by atoms with Crippen molar-refractivity contribution in [3.63, 3.8) is 0 Å². The van der Waals surface area contributed by atoms with Gasteiger partial charge in [-0.1, -0.05) is 26.0 Å². The number of amides is 3. The lowest BCUT2D eigenvalue weighted by Gasteiger charge is -2.34. The number of hydrogen-bond acceptors (Lipinski definition) is 4. The summed E-state index contributed by atoms with van der Waals surface area (Å²) >= 11 is 0. The highest BCUT2D eigenvalue weighted by Crippen LogP contribution is 2.19. The number of benzene rings is 1. The summed E-state index contributed by atoms with van der Waals surface area (Å²) in [6.07, 6.45) is 1.59. The highest BCUT2D eigenvalue weighted by atomic mass is 19.1. The lowest BCUT2D eigenvalue weighted by atomic mass is 9.99. The van der Waals surface area contributed by atoms with E-state index in [-0.39, 0.29) is 17.6 Å². The number of nitrogens with zero attached hydrogens (tertiary/aromatic N) is 1. The van der Waals surface area contributed by atoms with Gasteiger partial charge >= 0.3 is 0 Å². The molecule has 1 aliphatic heterocycles. The number of carbonyl (C=O) groups is 3. The highest BCUT2D eigenvalue weighted by molar-refractivity contribution is 5.90. The summed E-state index contributed by atoms with van der Waals surface area (Å²) in [6, 6.07) is 5.11. The Morgan fingerprint density at radius 3 is 2.46 bits per heavy atom. The van der Waals surface area contributed by atoms with E-state index in [1.54, 1.807) is 11.0 Å². The molecule has 1 heterocycles. The van der Waals surface area contributed by atoms with Crippen LogP contribution >= 0.6 is 0 Å². The third kappa shape index (κ3) is 5.94. The number of hydrogen-bond donors (Lipinski definition) is 2. The van der Waals surface area contributed by atoms with Crippen LogP contribution in [0.4, 0.5) is 4.39 Å². The maximum atomic E-state index is 13.6. The van der Waals surface area contributed by atoms with E-state index in [1.165, 1.54) is 25.1 Å². The van der Waals surface area contributed by atoms with E-state index in [0.29, 0.717) is 19.4 Å². The van der Waals surface area contributed by atoms with E-state index in [2.05, 4.69) is 10.9 Å². The van der Waals surface area contributed by atoms with Crippen LogP contribution in [-0.4, -0.2) is 41.3 Å². The molecule has 1 aliphatic rings. The molecule has 0 bridgehead atoms. The fraction of sp³-hybridized carbons (Fsp3) is 0.550. The summed E-state index contributed by atoms with van der Waals surface area (Å²) in [5.41, 5.74) is 4.69. The highest BCUT2D eigenvalue weighted by Gasteiger charge is 2.32. The molecule has 0 aromatic heterocycles. The molecule has 154 valence electrons. The van der Waals surface area contributed by atoms with Crippen LogP contribution in [0.15, 0.2) is 24.3 Å². The molecule has 0 saturated carbocycles. The monoisotopic (exact) mass is 393 g/mol. The smallest absolute Gasteiger partial charge is 0.279 e. The molecule has 0 unspecified atom stereocenters. The van der Waals surface area contributed by atoms with Crippen molar-refractivity contribution in [2.75, 3.05) is 6.54 Å². The van der Waals surface area contributed by atoms with Crippen molar-refractivity contribution in [1.29, 1.82) is 0 Å². The fourth-order valence-electron chi connectivity index (χ4n) is 3.07. The van der Waals surface area contributed by atoms with Crippen LogP contribution in [0.5, 0.6) is 5.75 Å². The van der Waals surface area contributed by atoms with Gasteiger partial charge in [0, 0.05) is 13.0 Å². The van der Waals surface area contributed by atoms with Crippen molar-refractivity contribution in [1.82, 2.24) is 15.8 Å². The average Bonchev–Trinajstić information content (AvgIpc) is 2.66. The molecule has 0 aliphatic carbocycles. The van der Waals surface area contributed by atoms with Crippen LogP contribution in [0.1, 0.15) is 46.5 Å². The Morgan fingerprint density at radius 2 is 1.82 bits per heavy atom. The van der Waals surface area contributed by atoms with Gasteiger partial charge in [0.05, 0.1) is 0 Å². The predicted molar refractivity (Wildman–Crippen MR) is 102 cm³/mol. The second kappa shape index (κ2) is 10.1. The molecular weight excluding hydrogens is 365 g/mol. The van der Waals surface area contributed by atoms with Gasteiger partial charge in [0.2, 0.25) is 5.91 Å². The minimum absolute atomic E-state index is 0.0466. The number of carbonyl (C=O) groups excluding carboxylic acids is 3. The van der Waals surface area contributed by atoms with E-state index in [4.69, 9.17) is 4.74 Å².